The summed E-state index contributed by atoms with van der Waals surface area (Å²) < 4.78 is 41.1. The van der Waals surface area contributed by atoms with Crippen LogP contribution in [0, 0.1) is 5.92 Å². The molecule has 2 aromatic rings. The number of epoxide rings is 1. The largest absolute Gasteiger partial charge is 0.495 e. The minimum Gasteiger partial charge on any atom is -0.495 e. The van der Waals surface area contributed by atoms with Crippen molar-refractivity contribution in [1.82, 2.24) is 41.2 Å². The predicted octanol–water partition coefficient (Wildman–Crippen LogP) is 1.18. The van der Waals surface area contributed by atoms with Gasteiger partial charge in [0.1, 0.15) is 71.1 Å². The number of rotatable bonds is 38. The topological polar surface area (TPSA) is 483 Å². The lowest BCUT2D eigenvalue weighted by atomic mass is 9.78. The number of carbonyl (C=O) groups excluding carboxylic acids is 10. The Bertz CT molecular complexity index is 3360. The second kappa shape index (κ2) is 40.2. The first kappa shape index (κ1) is 83.1. The van der Waals surface area contributed by atoms with Gasteiger partial charge in [-0.15, -0.1) is 5.10 Å². The van der Waals surface area contributed by atoms with E-state index in [0.717, 1.165) is 37.6 Å². The quantitative estimate of drug-likeness (QED) is 0.00524. The number of hydrogen-bond acceptors (Lipinski definition) is 25. The van der Waals surface area contributed by atoms with Crippen molar-refractivity contribution in [3.8, 4) is 5.75 Å². The van der Waals surface area contributed by atoms with E-state index >= 15 is 0 Å². The number of aryl methyl sites for hydroxylation is 2. The zero-order chi connectivity index (χ0) is 74.7. The Labute approximate surface area is 596 Å². The minimum absolute atomic E-state index is 0.0128. The molecule has 3 aliphatic rings. The van der Waals surface area contributed by atoms with Gasteiger partial charge in [-0.1, -0.05) is 69.1 Å². The average molecular weight is 1480 g/mol. The number of benzene rings is 1. The molecule has 0 unspecified atom stereocenters. The second-order valence-electron chi connectivity index (χ2n) is 24.7. The number of carboxylic acids is 2. The molecule has 0 radical (unpaired) electrons. The number of esters is 2. The Balaban J connectivity index is 1.20. The summed E-state index contributed by atoms with van der Waals surface area (Å²) in [5.41, 5.74) is 10.4. The Morgan fingerprint density at radius 3 is 2.33 bits per heavy atom. The molecule has 2 fully saturated rings. The number of halogens is 1. The van der Waals surface area contributed by atoms with E-state index in [1.54, 1.807) is 44.3 Å². The average Bonchev–Trinajstić information content (AvgIpc) is 1.57. The number of hydrogen-bond donors (Lipinski definition) is 9. The highest BCUT2D eigenvalue weighted by Crippen LogP contribution is 2.50. The monoisotopic (exact) mass is 1480 g/mol. The van der Waals surface area contributed by atoms with Gasteiger partial charge in [0.05, 0.1) is 49.6 Å². The fourth-order valence-electron chi connectivity index (χ4n) is 11.2. The van der Waals surface area contributed by atoms with Gasteiger partial charge in [-0.25, -0.2) is 4.79 Å². The molecule has 2 saturated heterocycles. The van der Waals surface area contributed by atoms with E-state index in [1.165, 1.54) is 44.8 Å². The van der Waals surface area contributed by atoms with Gasteiger partial charge in [0.2, 0.25) is 35.4 Å². The van der Waals surface area contributed by atoms with Crippen molar-refractivity contribution < 1.29 is 106 Å². The number of unbranched alkanes of at least 4 members (excludes halogenated alkanes) is 1. The van der Waals surface area contributed by atoms with Crippen LogP contribution < -0.4 is 42.4 Å². The van der Waals surface area contributed by atoms with Gasteiger partial charge in [-0.05, 0) is 83.4 Å². The number of anilines is 1. The number of aliphatic carboxylic acids is 2. The molecule has 1 aromatic heterocycles. The number of allylic oxidation sites excluding steroid dienone is 3. The number of aliphatic hydroxyl groups is 1. The minimum atomic E-state index is -1.71. The molecule has 0 aliphatic carbocycles. The van der Waals surface area contributed by atoms with Crippen LogP contribution in [0.2, 0.25) is 5.02 Å². The Morgan fingerprint density at radius 2 is 1.65 bits per heavy atom. The van der Waals surface area contributed by atoms with Crippen molar-refractivity contribution in [3.05, 3.63) is 58.4 Å². The van der Waals surface area contributed by atoms with Gasteiger partial charge in [-0.3, -0.25) is 62.4 Å². The van der Waals surface area contributed by atoms with Gasteiger partial charge >= 0.3 is 23.9 Å². The van der Waals surface area contributed by atoms with E-state index in [9.17, 15) is 67.7 Å². The molecule has 11 N–H and O–H groups in total. The molecular formula is C64H91ClN12O22S2. The van der Waals surface area contributed by atoms with Crippen molar-refractivity contribution in [2.45, 2.75) is 190 Å². The van der Waals surface area contributed by atoms with E-state index in [0.29, 0.717) is 49.4 Å². The van der Waals surface area contributed by atoms with E-state index in [-0.39, 0.29) is 93.3 Å². The first-order valence-electron chi connectivity index (χ1n) is 32.4. The highest BCUT2D eigenvalue weighted by Gasteiger charge is 2.64. The van der Waals surface area contributed by atoms with E-state index in [2.05, 4.69) is 36.6 Å². The number of ether oxygens (including phenoxy) is 7. The van der Waals surface area contributed by atoms with Crippen molar-refractivity contribution >= 4 is 117 Å². The third-order valence-corrected chi connectivity index (χ3v) is 19.8. The summed E-state index contributed by atoms with van der Waals surface area (Å²) >= 11 is 6.84. The third-order valence-electron chi connectivity index (χ3n) is 17.0. The summed E-state index contributed by atoms with van der Waals surface area (Å²) in [5, 5.41) is 48.3. The number of carbonyl (C=O) groups is 12. The van der Waals surface area contributed by atoms with Crippen molar-refractivity contribution in [2.75, 3.05) is 57.9 Å². The lowest BCUT2D eigenvalue weighted by Crippen LogP contribution is -2.58. The number of likely N-dealkylation sites (N-methyl/N-ethyl adjacent to an activating group) is 1. The molecule has 37 heteroatoms. The molecular weight excluding hydrogens is 1390 g/mol. The van der Waals surface area contributed by atoms with Crippen LogP contribution in [0.15, 0.2) is 47.1 Å². The number of methoxy groups -OCH3 is 2. The number of nitrogens with zero attached hydrogens (tertiary/aromatic N) is 6. The summed E-state index contributed by atoms with van der Waals surface area (Å²) in [7, 11) is 7.90. The molecule has 6 amide bonds. The molecule has 101 heavy (non-hydrogen) atoms. The second-order valence-corrected chi connectivity index (χ2v) is 27.7. The lowest BCUT2D eigenvalue weighted by Gasteiger charge is -2.41. The first-order valence-corrected chi connectivity index (χ1v) is 35.3. The van der Waals surface area contributed by atoms with Crippen molar-refractivity contribution in [1.29, 1.82) is 0 Å². The SMILES string of the molecule is COc1cc2cc(c1Cl)N(C)C(=O)C[C@H](OC(=O)[C@H](C)N(C)C(=O)CCSSC[C@H](NC(=O)[C@H](COC=O)NC(=O)[C@H](CCCN=C(N)N)NC(=O)[C@H](CC(=O)O)NC(=O)CCCCn1cc(CCCC(=O)O)nn1)OC=O)[C@@]1(C)O[C@H]1[C@H](C)[C@@H]1C[C@@](O)(CC(=O)O1)[C@H](OC)/C=C/C=C(\C)C2. The number of fused-ring (bicyclic) bond motifs is 5. The van der Waals surface area contributed by atoms with Crippen LogP contribution in [-0.2, 0) is 105 Å². The van der Waals surface area contributed by atoms with Crippen molar-refractivity contribution in [2.24, 2.45) is 22.4 Å². The van der Waals surface area contributed by atoms with Gasteiger partial charge in [0.15, 0.2) is 12.2 Å². The molecule has 558 valence electrons. The maximum Gasteiger partial charge on any atom is 0.328 e. The molecule has 34 nitrogen and oxygen atoms in total. The standard InChI is InChI=1S/C64H91ClN12O22S2/c1-36-14-11-17-47(94-8)64(92)29-46(97-55(87)30-64)37(2)57-63(4,99-57)48(28-52(82)76(6)44-25-39(24-36)26-45(93-7)56(44)65)98-61(91)38(3)75(5)51(81)20-23-100-101-33-50(96-35-79)72-60(90)43(32-95-34-78)71-58(88)41(16-13-21-68-62(66)67)70-59(89)42(27-54(85)86)69-49(80)18-9-10-22-77-31-40(73-74-77)15-12-19-53(83)84/h11,14,17,25-26,31,34-35,37-38,41-43,46-48,50,57,92H,9-10,12-13,15-16,18-24,27-30,32-33H2,1-8H3,(H,69,80)(H,70,89)(H,71,88)(H,72,90)(H,83,84)(H,85,86)(H4,66,67,68)/b17-11+,36-14+/t37-,38+,41+,42+,43+,46+,47-,48+,50-,57+,63-,64-/m1/s1. The number of amides is 6. The van der Waals surface area contributed by atoms with Crippen molar-refractivity contribution in [3.63, 3.8) is 0 Å². The zero-order valence-electron chi connectivity index (χ0n) is 57.5. The van der Waals surface area contributed by atoms with Crippen LogP contribution in [-0.4, -0.2) is 232 Å². The number of nitrogens with two attached hydrogens (primary N) is 2. The highest BCUT2D eigenvalue weighted by atomic mass is 35.5. The molecule has 12 atom stereocenters. The maximum absolute atomic E-state index is 14.5. The Morgan fingerprint density at radius 1 is 0.941 bits per heavy atom. The highest BCUT2D eigenvalue weighted by molar-refractivity contribution is 8.76. The fraction of sp³-hybridized carbons (Fsp3) is 0.609. The molecule has 4 bridgehead atoms. The lowest BCUT2D eigenvalue weighted by molar-refractivity contribution is -0.187. The summed E-state index contributed by atoms with van der Waals surface area (Å²) in [5.74, 6) is -9.61. The van der Waals surface area contributed by atoms with Crippen LogP contribution in [0.4, 0.5) is 5.69 Å². The number of guanidine groups is 1. The first-order chi connectivity index (χ1) is 47.9. The number of carboxylic acid groups (broad SMARTS) is 2. The zero-order valence-corrected chi connectivity index (χ0v) is 59.8. The summed E-state index contributed by atoms with van der Waals surface area (Å²) in [6.07, 6.45) is 1.12. The third kappa shape index (κ3) is 25.8. The van der Waals surface area contributed by atoms with Gasteiger partial charge < -0.3 is 91.0 Å². The van der Waals surface area contributed by atoms with Gasteiger partial charge in [0.25, 0.3) is 12.9 Å². The summed E-state index contributed by atoms with van der Waals surface area (Å²) in [4.78, 5) is 162. The summed E-state index contributed by atoms with van der Waals surface area (Å²) in [6, 6.07) is -2.71. The van der Waals surface area contributed by atoms with Crippen LogP contribution in [0.3, 0.4) is 0 Å². The molecule has 1 aromatic carbocycles. The maximum atomic E-state index is 14.5. The number of aliphatic imine (C=N–C) groups is 1. The van der Waals surface area contributed by atoms with Crippen LogP contribution in [0.25, 0.3) is 0 Å². The molecule has 4 heterocycles. The molecule has 3 aliphatic heterocycles. The Hall–Kier alpha value is -8.58. The van der Waals surface area contributed by atoms with Gasteiger partial charge in [-0.2, -0.15) is 0 Å². The number of nitrogens with one attached hydrogen (secondary N) is 4. The predicted molar refractivity (Wildman–Crippen MR) is 365 cm³/mol. The Kier molecular flexibility index (Phi) is 33.0. The van der Waals surface area contributed by atoms with Gasteiger partial charge in [0, 0.05) is 77.8 Å². The molecule has 0 saturated carbocycles. The molecule has 0 spiro atoms. The smallest absolute Gasteiger partial charge is 0.328 e. The van der Waals surface area contributed by atoms with E-state index in [4.69, 9.17) is 61.3 Å². The number of aromatic nitrogens is 3. The fourth-order valence-corrected chi connectivity index (χ4v) is 13.5. The normalized spacial score (nSPS) is 22.8. The van der Waals surface area contributed by atoms with E-state index in [1.807, 2.05) is 13.0 Å². The summed E-state index contributed by atoms with van der Waals surface area (Å²) in [6.45, 7) is 6.25. The van der Waals surface area contributed by atoms with E-state index < -0.39 is 151 Å². The van der Waals surface area contributed by atoms with Crippen LogP contribution in [0.5, 0.6) is 5.75 Å². The van der Waals surface area contributed by atoms with Crippen LogP contribution >= 0.6 is 33.2 Å². The molecule has 5 rings (SSSR count). The van der Waals surface area contributed by atoms with Crippen LogP contribution in [0.1, 0.15) is 116 Å².